The molecule has 0 saturated heterocycles. The molecule has 0 unspecified atom stereocenters. The van der Waals surface area contributed by atoms with Crippen molar-refractivity contribution in [2.75, 3.05) is 0 Å². The second-order valence-corrected chi connectivity index (χ2v) is 6.07. The van der Waals surface area contributed by atoms with E-state index < -0.39 is 0 Å². The van der Waals surface area contributed by atoms with Crippen molar-refractivity contribution >= 4 is 23.4 Å². The lowest BCUT2D eigenvalue weighted by atomic mass is 10.3. The van der Waals surface area contributed by atoms with Gasteiger partial charge >= 0.3 is 0 Å². The van der Waals surface area contributed by atoms with Crippen LogP contribution in [0.5, 0.6) is 0 Å². The number of hydrogen-bond acceptors (Lipinski definition) is 3. The molecule has 1 aromatic heterocycles. The van der Waals surface area contributed by atoms with Crippen molar-refractivity contribution in [1.29, 1.82) is 0 Å². The Bertz CT molecular complexity index is 296. The Kier molecular flexibility index (Phi) is 4.20. The van der Waals surface area contributed by atoms with E-state index in [-0.39, 0.29) is 4.75 Å². The highest BCUT2D eigenvalue weighted by Gasteiger charge is 2.11. The summed E-state index contributed by atoms with van der Waals surface area (Å²) in [5, 5.41) is 0. The number of thioether (sulfide) groups is 1. The van der Waals surface area contributed by atoms with Crippen LogP contribution >= 0.6 is 23.4 Å². The molecule has 0 atom stereocenters. The first kappa shape index (κ1) is 11.8. The van der Waals surface area contributed by atoms with E-state index in [2.05, 4.69) is 30.7 Å². The van der Waals surface area contributed by atoms with Crippen LogP contribution in [0, 0.1) is 0 Å². The third-order valence-corrected chi connectivity index (χ3v) is 3.08. The first-order valence-corrected chi connectivity index (χ1v) is 6.04. The van der Waals surface area contributed by atoms with Crippen LogP contribution in [0.15, 0.2) is 12.3 Å². The molecule has 0 saturated carbocycles. The maximum atomic E-state index is 5.69. The molecule has 0 radical (unpaired) electrons. The van der Waals surface area contributed by atoms with E-state index in [0.29, 0.717) is 5.88 Å². The minimum absolute atomic E-state index is 0.250. The van der Waals surface area contributed by atoms with Crippen molar-refractivity contribution in [3.05, 3.63) is 23.8 Å². The van der Waals surface area contributed by atoms with Gasteiger partial charge in [-0.2, -0.15) is 0 Å². The van der Waals surface area contributed by atoms with Crippen LogP contribution in [0.4, 0.5) is 0 Å². The summed E-state index contributed by atoms with van der Waals surface area (Å²) in [4.78, 5) is 8.53. The molecule has 0 spiro atoms. The molecule has 0 bridgehead atoms. The van der Waals surface area contributed by atoms with E-state index in [1.54, 1.807) is 6.20 Å². The Morgan fingerprint density at radius 2 is 2.14 bits per heavy atom. The normalized spacial score (nSPS) is 11.7. The predicted octanol–water partition coefficient (Wildman–Crippen LogP) is 3.25. The molecule has 1 aromatic rings. The van der Waals surface area contributed by atoms with Gasteiger partial charge in [-0.25, -0.2) is 9.97 Å². The number of hydrogen-bond donors (Lipinski definition) is 0. The van der Waals surface area contributed by atoms with Crippen LogP contribution in [0.3, 0.4) is 0 Å². The van der Waals surface area contributed by atoms with Gasteiger partial charge in [0.2, 0.25) is 0 Å². The smallest absolute Gasteiger partial charge is 0.138 e. The van der Waals surface area contributed by atoms with Gasteiger partial charge in [-0.05, 0) is 6.07 Å². The van der Waals surface area contributed by atoms with Crippen LogP contribution in [0.25, 0.3) is 0 Å². The van der Waals surface area contributed by atoms with Crippen LogP contribution in [0.1, 0.15) is 32.3 Å². The summed E-state index contributed by atoms with van der Waals surface area (Å²) < 4.78 is 0.250. The highest BCUT2D eigenvalue weighted by atomic mass is 35.5. The van der Waals surface area contributed by atoms with E-state index in [9.17, 15) is 0 Å². The highest BCUT2D eigenvalue weighted by Crippen LogP contribution is 2.25. The summed E-state index contributed by atoms with van der Waals surface area (Å²) in [6, 6.07) is 1.85. The number of nitrogens with zero attached hydrogens (tertiary/aromatic N) is 2. The standard InChI is InChI=1S/C10H15ClN2S/c1-10(2,3)14-7-9-12-5-4-8(6-11)13-9/h4-5H,6-7H2,1-3H3. The molecule has 0 aliphatic carbocycles. The van der Waals surface area contributed by atoms with Crippen LogP contribution < -0.4 is 0 Å². The Morgan fingerprint density at radius 3 is 2.71 bits per heavy atom. The maximum Gasteiger partial charge on any atom is 0.138 e. The lowest BCUT2D eigenvalue weighted by Crippen LogP contribution is -2.08. The molecule has 78 valence electrons. The first-order chi connectivity index (χ1) is 6.51. The molecule has 0 fully saturated rings. The fourth-order valence-corrected chi connectivity index (χ4v) is 1.72. The zero-order valence-electron chi connectivity index (χ0n) is 8.75. The molecular formula is C10H15ClN2S. The summed E-state index contributed by atoms with van der Waals surface area (Å²) in [6.07, 6.45) is 1.77. The summed E-state index contributed by atoms with van der Waals surface area (Å²) in [5.41, 5.74) is 0.895. The quantitative estimate of drug-likeness (QED) is 0.746. The minimum atomic E-state index is 0.250. The lowest BCUT2D eigenvalue weighted by Gasteiger charge is -2.16. The van der Waals surface area contributed by atoms with Gasteiger partial charge in [-0.15, -0.1) is 23.4 Å². The minimum Gasteiger partial charge on any atom is -0.240 e. The summed E-state index contributed by atoms with van der Waals surface area (Å²) >= 11 is 7.53. The first-order valence-electron chi connectivity index (χ1n) is 4.52. The molecule has 0 amide bonds. The molecule has 0 aliphatic heterocycles. The van der Waals surface area contributed by atoms with Crippen LogP contribution in [-0.4, -0.2) is 14.7 Å². The third-order valence-electron chi connectivity index (χ3n) is 1.53. The van der Waals surface area contributed by atoms with Gasteiger partial charge in [0.05, 0.1) is 17.3 Å². The molecular weight excluding hydrogens is 216 g/mol. The van der Waals surface area contributed by atoms with Gasteiger partial charge in [-0.3, -0.25) is 0 Å². The SMILES string of the molecule is CC(C)(C)SCc1nccc(CCl)n1. The van der Waals surface area contributed by atoms with Crippen molar-refractivity contribution in [2.45, 2.75) is 37.2 Å². The average Bonchev–Trinajstić information content (AvgIpc) is 2.14. The second-order valence-electron chi connectivity index (χ2n) is 4.00. The molecule has 0 N–H and O–H groups in total. The number of halogens is 1. The Hall–Kier alpha value is -0.280. The van der Waals surface area contributed by atoms with E-state index in [1.807, 2.05) is 17.8 Å². The van der Waals surface area contributed by atoms with Gasteiger partial charge in [0.1, 0.15) is 5.82 Å². The predicted molar refractivity (Wildman–Crippen MR) is 62.6 cm³/mol. The number of rotatable bonds is 3. The van der Waals surface area contributed by atoms with Gasteiger partial charge < -0.3 is 0 Å². The average molecular weight is 231 g/mol. The largest absolute Gasteiger partial charge is 0.240 e. The van der Waals surface area contributed by atoms with Crippen molar-refractivity contribution in [3.8, 4) is 0 Å². The number of alkyl halides is 1. The molecule has 0 aromatic carbocycles. The van der Waals surface area contributed by atoms with Crippen molar-refractivity contribution in [2.24, 2.45) is 0 Å². The Balaban J connectivity index is 2.59. The molecule has 1 heterocycles. The van der Waals surface area contributed by atoms with Crippen molar-refractivity contribution in [3.63, 3.8) is 0 Å². The van der Waals surface area contributed by atoms with Crippen LogP contribution in [-0.2, 0) is 11.6 Å². The van der Waals surface area contributed by atoms with E-state index in [0.717, 1.165) is 17.3 Å². The van der Waals surface area contributed by atoms with Gasteiger partial charge in [0.15, 0.2) is 0 Å². The van der Waals surface area contributed by atoms with Crippen molar-refractivity contribution < 1.29 is 0 Å². The fourth-order valence-electron chi connectivity index (χ4n) is 0.866. The molecule has 14 heavy (non-hydrogen) atoms. The summed E-state index contributed by atoms with van der Waals surface area (Å²) in [6.45, 7) is 6.55. The van der Waals surface area contributed by atoms with E-state index in [4.69, 9.17) is 11.6 Å². The molecule has 4 heteroatoms. The van der Waals surface area contributed by atoms with Gasteiger partial charge in [-0.1, -0.05) is 20.8 Å². The van der Waals surface area contributed by atoms with Gasteiger partial charge in [0, 0.05) is 10.9 Å². The Labute approximate surface area is 94.5 Å². The summed E-state index contributed by atoms with van der Waals surface area (Å²) in [5.74, 6) is 2.16. The monoisotopic (exact) mass is 230 g/mol. The van der Waals surface area contributed by atoms with Gasteiger partial charge in [0.25, 0.3) is 0 Å². The van der Waals surface area contributed by atoms with Crippen LogP contribution in [0.2, 0.25) is 0 Å². The topological polar surface area (TPSA) is 25.8 Å². The highest BCUT2D eigenvalue weighted by molar-refractivity contribution is 7.99. The summed E-state index contributed by atoms with van der Waals surface area (Å²) in [7, 11) is 0. The Morgan fingerprint density at radius 1 is 1.43 bits per heavy atom. The number of aromatic nitrogens is 2. The lowest BCUT2D eigenvalue weighted by molar-refractivity contribution is 0.799. The zero-order chi connectivity index (χ0) is 10.6. The van der Waals surface area contributed by atoms with Crippen molar-refractivity contribution in [1.82, 2.24) is 9.97 Å². The maximum absolute atomic E-state index is 5.69. The molecule has 0 aliphatic rings. The van der Waals surface area contributed by atoms with E-state index in [1.165, 1.54) is 0 Å². The zero-order valence-corrected chi connectivity index (χ0v) is 10.3. The molecule has 2 nitrogen and oxygen atoms in total. The third kappa shape index (κ3) is 4.29. The molecule has 1 rings (SSSR count). The van der Waals surface area contributed by atoms with E-state index >= 15 is 0 Å². The second kappa shape index (κ2) is 4.99. The fraction of sp³-hybridized carbons (Fsp3) is 0.600.